The second kappa shape index (κ2) is 4.23. The summed E-state index contributed by atoms with van der Waals surface area (Å²) >= 11 is 0. The van der Waals surface area contributed by atoms with Gasteiger partial charge in [0.25, 0.3) is 0 Å². The molecule has 5 nitrogen and oxygen atoms in total. The predicted molar refractivity (Wildman–Crippen MR) is 49.8 cm³/mol. The average molecular weight is 198 g/mol. The smallest absolute Gasteiger partial charge is 0.358 e. The number of carbonyl (C=O) groups excluding carboxylic acids is 1. The van der Waals surface area contributed by atoms with Crippen LogP contribution in [0.4, 0.5) is 0 Å². The molecule has 1 heterocycles. The number of aryl methyl sites for hydroxylation is 1. The summed E-state index contributed by atoms with van der Waals surface area (Å²) in [5.74, 6) is -0.463. The zero-order valence-electron chi connectivity index (χ0n) is 8.52. The third-order valence-electron chi connectivity index (χ3n) is 1.83. The molecule has 0 spiro atoms. The van der Waals surface area contributed by atoms with Crippen LogP contribution < -0.4 is 0 Å². The molecule has 0 amide bonds. The highest BCUT2D eigenvalue weighted by molar-refractivity contribution is 5.87. The van der Waals surface area contributed by atoms with Gasteiger partial charge in [-0.15, -0.1) is 0 Å². The fourth-order valence-corrected chi connectivity index (χ4v) is 1.18. The molecule has 1 aromatic rings. The first kappa shape index (κ1) is 10.7. The molecule has 1 aromatic heterocycles. The summed E-state index contributed by atoms with van der Waals surface area (Å²) in [6.45, 7) is 3.67. The van der Waals surface area contributed by atoms with Gasteiger partial charge in [0.2, 0.25) is 0 Å². The van der Waals surface area contributed by atoms with E-state index in [1.807, 2.05) is 0 Å². The number of aromatic nitrogens is 2. The van der Waals surface area contributed by atoms with Crippen LogP contribution in [0.3, 0.4) is 0 Å². The molecule has 0 fully saturated rings. The second-order valence-electron chi connectivity index (χ2n) is 2.97. The Balaban J connectivity index is 2.90. The largest absolute Gasteiger partial charge is 0.461 e. The van der Waals surface area contributed by atoms with E-state index in [1.54, 1.807) is 20.9 Å². The van der Waals surface area contributed by atoms with Crippen LogP contribution in [0.15, 0.2) is 6.07 Å². The molecule has 0 radical (unpaired) electrons. The number of nitrogens with zero attached hydrogens (tertiary/aromatic N) is 2. The number of hydrogen-bond acceptors (Lipinski definition) is 4. The van der Waals surface area contributed by atoms with Gasteiger partial charge in [0, 0.05) is 7.05 Å². The van der Waals surface area contributed by atoms with E-state index in [9.17, 15) is 9.90 Å². The van der Waals surface area contributed by atoms with Crippen molar-refractivity contribution < 1.29 is 14.6 Å². The lowest BCUT2D eigenvalue weighted by Crippen LogP contribution is -2.06. The van der Waals surface area contributed by atoms with Gasteiger partial charge < -0.3 is 9.84 Å². The van der Waals surface area contributed by atoms with Crippen molar-refractivity contribution in [2.75, 3.05) is 6.61 Å². The van der Waals surface area contributed by atoms with Gasteiger partial charge in [0.15, 0.2) is 5.69 Å². The van der Waals surface area contributed by atoms with Crippen LogP contribution in [-0.4, -0.2) is 27.5 Å². The standard InChI is InChI=1S/C9H14N2O3/c1-4-14-9(13)7-5-8(6(2)12)11(3)10-7/h5-6,12H,4H2,1-3H3/t6-/m1/s1. The minimum absolute atomic E-state index is 0.227. The molecule has 0 aliphatic rings. The molecule has 0 aliphatic carbocycles. The van der Waals surface area contributed by atoms with E-state index in [-0.39, 0.29) is 5.69 Å². The molecule has 0 saturated heterocycles. The van der Waals surface area contributed by atoms with Gasteiger partial charge in [0.05, 0.1) is 18.4 Å². The third-order valence-corrected chi connectivity index (χ3v) is 1.83. The van der Waals surface area contributed by atoms with Crippen LogP contribution in [0.25, 0.3) is 0 Å². The zero-order valence-corrected chi connectivity index (χ0v) is 8.52. The van der Waals surface area contributed by atoms with Gasteiger partial charge in [-0.3, -0.25) is 4.68 Å². The first-order valence-corrected chi connectivity index (χ1v) is 4.45. The Bertz CT molecular complexity index is 331. The van der Waals surface area contributed by atoms with Crippen LogP contribution in [0.1, 0.15) is 36.1 Å². The highest BCUT2D eigenvalue weighted by Crippen LogP contribution is 2.13. The normalized spacial score (nSPS) is 12.6. The van der Waals surface area contributed by atoms with Gasteiger partial charge in [-0.25, -0.2) is 4.79 Å². The fraction of sp³-hybridized carbons (Fsp3) is 0.556. The van der Waals surface area contributed by atoms with Crippen LogP contribution in [0.2, 0.25) is 0 Å². The molecule has 5 heteroatoms. The number of esters is 1. The van der Waals surface area contributed by atoms with Crippen molar-refractivity contribution in [1.82, 2.24) is 9.78 Å². The van der Waals surface area contributed by atoms with Gasteiger partial charge in [0.1, 0.15) is 0 Å². The van der Waals surface area contributed by atoms with Crippen LogP contribution in [0.5, 0.6) is 0 Å². The molecule has 1 rings (SSSR count). The molecule has 1 N–H and O–H groups in total. The summed E-state index contributed by atoms with van der Waals surface area (Å²) in [6, 6.07) is 1.53. The molecule has 78 valence electrons. The van der Waals surface area contributed by atoms with E-state index in [1.165, 1.54) is 10.7 Å². The summed E-state index contributed by atoms with van der Waals surface area (Å²) in [5, 5.41) is 13.2. The molecular weight excluding hydrogens is 184 g/mol. The molecular formula is C9H14N2O3. The number of aliphatic hydroxyl groups excluding tert-OH is 1. The SMILES string of the molecule is CCOC(=O)c1cc([C@@H](C)O)n(C)n1. The maximum atomic E-state index is 11.3. The first-order valence-electron chi connectivity index (χ1n) is 4.45. The van der Waals surface area contributed by atoms with Crippen molar-refractivity contribution in [2.45, 2.75) is 20.0 Å². The lowest BCUT2D eigenvalue weighted by molar-refractivity contribution is 0.0518. The van der Waals surface area contributed by atoms with E-state index in [0.717, 1.165) is 0 Å². The molecule has 0 aromatic carbocycles. The monoisotopic (exact) mass is 198 g/mol. The van der Waals surface area contributed by atoms with Crippen molar-refractivity contribution >= 4 is 5.97 Å². The quantitative estimate of drug-likeness (QED) is 0.724. The highest BCUT2D eigenvalue weighted by atomic mass is 16.5. The summed E-state index contributed by atoms with van der Waals surface area (Å²) in [4.78, 5) is 11.3. The van der Waals surface area contributed by atoms with Crippen molar-refractivity contribution in [1.29, 1.82) is 0 Å². The second-order valence-corrected chi connectivity index (χ2v) is 2.97. The van der Waals surface area contributed by atoms with E-state index in [2.05, 4.69) is 5.10 Å². The molecule has 0 saturated carbocycles. The first-order chi connectivity index (χ1) is 6.56. The van der Waals surface area contributed by atoms with Gasteiger partial charge in [-0.1, -0.05) is 0 Å². The van der Waals surface area contributed by atoms with Gasteiger partial charge >= 0.3 is 5.97 Å². The summed E-state index contributed by atoms with van der Waals surface area (Å²) in [5.41, 5.74) is 0.818. The highest BCUT2D eigenvalue weighted by Gasteiger charge is 2.15. The Kier molecular flexibility index (Phi) is 3.24. The Hall–Kier alpha value is -1.36. The number of carbonyl (C=O) groups is 1. The van der Waals surface area contributed by atoms with E-state index in [4.69, 9.17) is 4.74 Å². The maximum absolute atomic E-state index is 11.3. The van der Waals surface area contributed by atoms with Crippen molar-refractivity contribution in [3.8, 4) is 0 Å². The average Bonchev–Trinajstić information content (AvgIpc) is 2.48. The minimum atomic E-state index is -0.643. The molecule has 0 bridgehead atoms. The van der Waals surface area contributed by atoms with Crippen molar-refractivity contribution in [3.05, 3.63) is 17.5 Å². The topological polar surface area (TPSA) is 64.3 Å². The van der Waals surface area contributed by atoms with Crippen molar-refractivity contribution in [2.24, 2.45) is 7.05 Å². The summed E-state index contributed by atoms with van der Waals surface area (Å²) < 4.78 is 6.25. The van der Waals surface area contributed by atoms with Crippen LogP contribution in [-0.2, 0) is 11.8 Å². The van der Waals surface area contributed by atoms with Gasteiger partial charge in [-0.05, 0) is 19.9 Å². The Morgan fingerprint density at radius 3 is 2.86 bits per heavy atom. The zero-order chi connectivity index (χ0) is 10.7. The predicted octanol–water partition coefficient (Wildman–Crippen LogP) is 0.650. The Morgan fingerprint density at radius 2 is 2.43 bits per heavy atom. The lowest BCUT2D eigenvalue weighted by Gasteiger charge is -2.01. The minimum Gasteiger partial charge on any atom is -0.461 e. The molecule has 1 atom stereocenters. The summed E-state index contributed by atoms with van der Waals surface area (Å²) in [7, 11) is 1.67. The number of rotatable bonds is 3. The Morgan fingerprint density at radius 1 is 1.79 bits per heavy atom. The van der Waals surface area contributed by atoms with Gasteiger partial charge in [-0.2, -0.15) is 5.10 Å². The fourth-order valence-electron chi connectivity index (χ4n) is 1.18. The number of hydrogen-bond donors (Lipinski definition) is 1. The molecule has 0 unspecified atom stereocenters. The van der Waals surface area contributed by atoms with E-state index >= 15 is 0 Å². The number of aliphatic hydroxyl groups is 1. The summed E-state index contributed by atoms with van der Waals surface area (Å²) in [6.07, 6.45) is -0.643. The van der Waals surface area contributed by atoms with E-state index < -0.39 is 12.1 Å². The van der Waals surface area contributed by atoms with Crippen molar-refractivity contribution in [3.63, 3.8) is 0 Å². The third kappa shape index (κ3) is 2.11. The lowest BCUT2D eigenvalue weighted by atomic mass is 10.2. The maximum Gasteiger partial charge on any atom is 0.358 e. The van der Waals surface area contributed by atoms with Crippen LogP contribution in [0, 0.1) is 0 Å². The van der Waals surface area contributed by atoms with Crippen LogP contribution >= 0.6 is 0 Å². The molecule has 14 heavy (non-hydrogen) atoms. The number of ether oxygens (including phenoxy) is 1. The molecule has 0 aliphatic heterocycles. The Labute approximate surface area is 82.3 Å². The van der Waals surface area contributed by atoms with E-state index in [0.29, 0.717) is 12.3 Å².